The maximum Gasteiger partial charge on any atom is 0.190 e. The van der Waals surface area contributed by atoms with E-state index < -0.39 is 0 Å². The maximum absolute atomic E-state index is 4.05. The van der Waals surface area contributed by atoms with E-state index in [9.17, 15) is 0 Å². The van der Waals surface area contributed by atoms with Crippen LogP contribution in [0.3, 0.4) is 0 Å². The highest BCUT2D eigenvalue weighted by atomic mass is 127. The lowest BCUT2D eigenvalue weighted by atomic mass is 10.3. The molecule has 4 heteroatoms. The van der Waals surface area contributed by atoms with Crippen molar-refractivity contribution in [2.75, 3.05) is 14.1 Å². The number of rotatable bonds is 2. The summed E-state index contributed by atoms with van der Waals surface area (Å²) in [5.41, 5.74) is 0. The minimum atomic E-state index is 0. The number of hydrogen-bond donors (Lipinski definition) is 2. The fraction of sp³-hybridized carbons (Fsp3) is 0.875. The summed E-state index contributed by atoms with van der Waals surface area (Å²) in [5, 5.41) is 6.34. The van der Waals surface area contributed by atoms with E-state index in [1.54, 1.807) is 7.05 Å². The van der Waals surface area contributed by atoms with Crippen LogP contribution in [-0.4, -0.2) is 26.1 Å². The fourth-order valence-corrected chi connectivity index (χ4v) is 1.30. The summed E-state index contributed by atoms with van der Waals surface area (Å²) in [7, 11) is 3.68. The SMILES string of the molecule is CC[C@@H]1C[C@H]1NC(=NC)NC.I. The van der Waals surface area contributed by atoms with Crippen LogP contribution in [0.4, 0.5) is 0 Å². The second-order valence-corrected chi connectivity index (χ2v) is 2.98. The molecule has 1 aliphatic carbocycles. The second kappa shape index (κ2) is 5.61. The Morgan fingerprint density at radius 3 is 2.58 bits per heavy atom. The average Bonchev–Trinajstić information content (AvgIpc) is 2.78. The standard InChI is InChI=1S/C8H17N3.HI/c1-4-6-5-7(6)11-8(9-2)10-3;/h6-7H,4-5H2,1-3H3,(H2,9,10,11);1H/t6-,7-;/m1./s1. The van der Waals surface area contributed by atoms with Crippen LogP contribution in [0.15, 0.2) is 4.99 Å². The van der Waals surface area contributed by atoms with Gasteiger partial charge >= 0.3 is 0 Å². The third-order valence-corrected chi connectivity index (χ3v) is 2.23. The van der Waals surface area contributed by atoms with Gasteiger partial charge in [0.05, 0.1) is 0 Å². The van der Waals surface area contributed by atoms with Crippen molar-refractivity contribution in [1.29, 1.82) is 0 Å². The molecule has 0 amide bonds. The molecule has 1 rings (SSSR count). The van der Waals surface area contributed by atoms with E-state index in [0.717, 1.165) is 11.9 Å². The molecule has 1 saturated carbocycles. The lowest BCUT2D eigenvalue weighted by Gasteiger charge is -2.06. The second-order valence-electron chi connectivity index (χ2n) is 2.98. The summed E-state index contributed by atoms with van der Waals surface area (Å²) < 4.78 is 0. The van der Waals surface area contributed by atoms with Crippen LogP contribution in [0.5, 0.6) is 0 Å². The smallest absolute Gasteiger partial charge is 0.190 e. The van der Waals surface area contributed by atoms with Gasteiger partial charge in [-0.1, -0.05) is 13.3 Å². The van der Waals surface area contributed by atoms with Crippen molar-refractivity contribution < 1.29 is 0 Å². The minimum Gasteiger partial charge on any atom is -0.359 e. The summed E-state index contributed by atoms with van der Waals surface area (Å²) in [6.45, 7) is 2.23. The monoisotopic (exact) mass is 283 g/mol. The topological polar surface area (TPSA) is 36.4 Å². The van der Waals surface area contributed by atoms with E-state index >= 15 is 0 Å². The summed E-state index contributed by atoms with van der Waals surface area (Å²) in [5.74, 6) is 1.78. The van der Waals surface area contributed by atoms with Gasteiger partial charge in [-0.2, -0.15) is 0 Å². The molecule has 0 heterocycles. The molecule has 0 spiro atoms. The van der Waals surface area contributed by atoms with Crippen LogP contribution in [0, 0.1) is 5.92 Å². The van der Waals surface area contributed by atoms with Crippen molar-refractivity contribution in [3.8, 4) is 0 Å². The van der Waals surface area contributed by atoms with Gasteiger partial charge in [-0.05, 0) is 12.3 Å². The first-order valence-corrected chi connectivity index (χ1v) is 4.22. The number of hydrogen-bond acceptors (Lipinski definition) is 1. The third-order valence-electron chi connectivity index (χ3n) is 2.23. The van der Waals surface area contributed by atoms with E-state index in [1.165, 1.54) is 12.8 Å². The predicted molar refractivity (Wildman–Crippen MR) is 63.2 cm³/mol. The molecule has 0 saturated heterocycles. The van der Waals surface area contributed by atoms with E-state index in [2.05, 4.69) is 22.5 Å². The highest BCUT2D eigenvalue weighted by molar-refractivity contribution is 14.0. The summed E-state index contributed by atoms with van der Waals surface area (Å²) in [6.07, 6.45) is 2.58. The molecule has 0 aromatic carbocycles. The molecule has 2 atom stereocenters. The fourth-order valence-electron chi connectivity index (χ4n) is 1.30. The van der Waals surface area contributed by atoms with Gasteiger partial charge in [0.15, 0.2) is 5.96 Å². The Labute approximate surface area is 91.4 Å². The first-order chi connectivity index (χ1) is 5.31. The van der Waals surface area contributed by atoms with Crippen LogP contribution in [0.25, 0.3) is 0 Å². The Bertz CT molecular complexity index is 158. The summed E-state index contributed by atoms with van der Waals surface area (Å²) >= 11 is 0. The zero-order valence-electron chi connectivity index (χ0n) is 7.92. The normalized spacial score (nSPS) is 27.4. The van der Waals surface area contributed by atoms with Crippen molar-refractivity contribution in [3.63, 3.8) is 0 Å². The van der Waals surface area contributed by atoms with Crippen LogP contribution >= 0.6 is 24.0 Å². The summed E-state index contributed by atoms with van der Waals surface area (Å²) in [6, 6.07) is 0.672. The molecule has 0 radical (unpaired) electrons. The number of aliphatic imine (C=N–C) groups is 1. The maximum atomic E-state index is 4.05. The van der Waals surface area contributed by atoms with Gasteiger partial charge in [0.1, 0.15) is 0 Å². The Balaban J connectivity index is 0.00000121. The molecule has 0 unspecified atom stereocenters. The van der Waals surface area contributed by atoms with E-state index in [0.29, 0.717) is 6.04 Å². The first-order valence-electron chi connectivity index (χ1n) is 4.22. The molecule has 2 N–H and O–H groups in total. The minimum absolute atomic E-state index is 0. The van der Waals surface area contributed by atoms with Crippen LogP contribution in [0.2, 0.25) is 0 Å². The van der Waals surface area contributed by atoms with Crippen LogP contribution < -0.4 is 10.6 Å². The lowest BCUT2D eigenvalue weighted by molar-refractivity contribution is 0.714. The van der Waals surface area contributed by atoms with E-state index in [4.69, 9.17) is 0 Å². The van der Waals surface area contributed by atoms with Gasteiger partial charge in [0.25, 0.3) is 0 Å². The van der Waals surface area contributed by atoms with E-state index in [-0.39, 0.29) is 24.0 Å². The molecular weight excluding hydrogens is 265 g/mol. The zero-order valence-corrected chi connectivity index (χ0v) is 10.3. The Morgan fingerprint density at radius 1 is 1.58 bits per heavy atom. The number of halogens is 1. The lowest BCUT2D eigenvalue weighted by Crippen LogP contribution is -2.36. The molecular formula is C8H18IN3. The molecule has 0 aliphatic heterocycles. The van der Waals surface area contributed by atoms with Gasteiger partial charge < -0.3 is 10.6 Å². The highest BCUT2D eigenvalue weighted by Gasteiger charge is 2.35. The molecule has 1 aliphatic rings. The molecule has 0 aromatic rings. The van der Waals surface area contributed by atoms with Crippen molar-refractivity contribution in [2.45, 2.75) is 25.8 Å². The van der Waals surface area contributed by atoms with Gasteiger partial charge in [0, 0.05) is 20.1 Å². The number of nitrogens with one attached hydrogen (secondary N) is 2. The van der Waals surface area contributed by atoms with Crippen molar-refractivity contribution in [3.05, 3.63) is 0 Å². The largest absolute Gasteiger partial charge is 0.359 e. The van der Waals surface area contributed by atoms with Gasteiger partial charge in [-0.25, -0.2) is 0 Å². The Morgan fingerprint density at radius 2 is 2.25 bits per heavy atom. The van der Waals surface area contributed by atoms with Crippen molar-refractivity contribution in [2.24, 2.45) is 10.9 Å². The molecule has 0 bridgehead atoms. The highest BCUT2D eigenvalue weighted by Crippen LogP contribution is 2.32. The number of nitrogens with zero attached hydrogens (tertiary/aromatic N) is 1. The first kappa shape index (κ1) is 12.0. The molecule has 3 nitrogen and oxygen atoms in total. The average molecular weight is 283 g/mol. The van der Waals surface area contributed by atoms with Gasteiger partial charge in [-0.3, -0.25) is 4.99 Å². The van der Waals surface area contributed by atoms with Gasteiger partial charge in [0.2, 0.25) is 0 Å². The van der Waals surface area contributed by atoms with Gasteiger partial charge in [-0.15, -0.1) is 24.0 Å². The zero-order chi connectivity index (χ0) is 8.27. The Kier molecular flexibility index (Phi) is 5.61. The predicted octanol–water partition coefficient (Wildman–Crippen LogP) is 1.20. The van der Waals surface area contributed by atoms with Crippen molar-refractivity contribution in [1.82, 2.24) is 10.6 Å². The van der Waals surface area contributed by atoms with Crippen molar-refractivity contribution >= 4 is 29.9 Å². The Hall–Kier alpha value is 0. The van der Waals surface area contributed by atoms with E-state index in [1.807, 2.05) is 7.05 Å². The molecule has 1 fully saturated rings. The molecule has 72 valence electrons. The summed E-state index contributed by atoms with van der Waals surface area (Å²) in [4.78, 5) is 4.05. The molecule has 12 heavy (non-hydrogen) atoms. The quantitative estimate of drug-likeness (QED) is 0.454. The van der Waals surface area contributed by atoms with Crippen LogP contribution in [0.1, 0.15) is 19.8 Å². The molecule has 0 aromatic heterocycles. The van der Waals surface area contributed by atoms with Crippen LogP contribution in [-0.2, 0) is 0 Å². The number of guanidine groups is 1. The third kappa shape index (κ3) is 3.16.